The van der Waals surface area contributed by atoms with Gasteiger partial charge in [0.2, 0.25) is 0 Å². The summed E-state index contributed by atoms with van der Waals surface area (Å²) in [6.45, 7) is 0. The van der Waals surface area contributed by atoms with E-state index in [1.54, 1.807) is 12.5 Å². The van der Waals surface area contributed by atoms with Crippen LogP contribution in [0.25, 0.3) is 0 Å². The fraction of sp³-hybridized carbons (Fsp3) is 0.100. The minimum absolute atomic E-state index is 0.0244. The molecule has 0 spiro atoms. The number of ether oxygens (including phenoxy) is 1. The molecular formula is C10H8NO. The van der Waals surface area contributed by atoms with Gasteiger partial charge in [-0.25, -0.2) is 0 Å². The van der Waals surface area contributed by atoms with Gasteiger partial charge in [0.25, 0.3) is 0 Å². The smallest absolute Gasteiger partial charge is 0.144 e. The van der Waals surface area contributed by atoms with Gasteiger partial charge in [-0.3, -0.25) is 4.98 Å². The number of pyridine rings is 1. The van der Waals surface area contributed by atoms with Crippen molar-refractivity contribution in [3.05, 3.63) is 54.6 Å². The lowest BCUT2D eigenvalue weighted by Crippen LogP contribution is -1.99. The highest BCUT2D eigenvalue weighted by Gasteiger charge is 2.08. The molecule has 2 nitrogen and oxygen atoms in total. The quantitative estimate of drug-likeness (QED) is 0.623. The summed E-state index contributed by atoms with van der Waals surface area (Å²) in [7, 11) is 0. The van der Waals surface area contributed by atoms with Crippen molar-refractivity contribution in [1.82, 2.24) is 4.98 Å². The van der Waals surface area contributed by atoms with Crippen molar-refractivity contribution in [2.75, 3.05) is 0 Å². The molecule has 2 heteroatoms. The molecule has 59 valence electrons. The molecule has 12 heavy (non-hydrogen) atoms. The highest BCUT2D eigenvalue weighted by molar-refractivity contribution is 5.20. The number of allylic oxidation sites excluding steroid dienone is 2. The van der Waals surface area contributed by atoms with E-state index in [0.29, 0.717) is 0 Å². The summed E-state index contributed by atoms with van der Waals surface area (Å²) in [6.07, 6.45) is 12.0. The Morgan fingerprint density at radius 2 is 2.42 bits per heavy atom. The second kappa shape index (κ2) is 3.22. The Balaban J connectivity index is 2.21. The first-order valence-corrected chi connectivity index (χ1v) is 3.78. The van der Waals surface area contributed by atoms with E-state index in [9.17, 15) is 0 Å². The summed E-state index contributed by atoms with van der Waals surface area (Å²) in [5.41, 5.74) is 0.957. The van der Waals surface area contributed by atoms with Gasteiger partial charge in [0, 0.05) is 11.8 Å². The Morgan fingerprint density at radius 3 is 3.08 bits per heavy atom. The van der Waals surface area contributed by atoms with Crippen LogP contribution in [0.4, 0.5) is 0 Å². The Kier molecular flexibility index (Phi) is 1.90. The molecule has 0 amide bonds. The van der Waals surface area contributed by atoms with Gasteiger partial charge in [0.15, 0.2) is 0 Å². The average molecular weight is 158 g/mol. The molecule has 0 fully saturated rings. The van der Waals surface area contributed by atoms with Crippen LogP contribution in [0.3, 0.4) is 0 Å². The van der Waals surface area contributed by atoms with Gasteiger partial charge in [-0.2, -0.15) is 0 Å². The van der Waals surface area contributed by atoms with Crippen molar-refractivity contribution in [3.63, 3.8) is 0 Å². The zero-order valence-corrected chi connectivity index (χ0v) is 6.47. The van der Waals surface area contributed by atoms with Gasteiger partial charge >= 0.3 is 0 Å². The van der Waals surface area contributed by atoms with Crippen LogP contribution in [0, 0.1) is 6.20 Å². The monoisotopic (exact) mass is 158 g/mol. The summed E-state index contributed by atoms with van der Waals surface area (Å²) in [5, 5.41) is 0. The molecule has 1 aromatic rings. The summed E-state index contributed by atoms with van der Waals surface area (Å²) in [4.78, 5) is 3.90. The predicted molar refractivity (Wildman–Crippen MR) is 45.2 cm³/mol. The Labute approximate surface area is 71.2 Å². The summed E-state index contributed by atoms with van der Waals surface area (Å²) < 4.78 is 5.33. The molecule has 0 saturated carbocycles. The van der Waals surface area contributed by atoms with Crippen molar-refractivity contribution < 1.29 is 4.74 Å². The minimum Gasteiger partial charge on any atom is -0.489 e. The highest BCUT2D eigenvalue weighted by Crippen LogP contribution is 2.19. The fourth-order valence-corrected chi connectivity index (χ4v) is 1.06. The van der Waals surface area contributed by atoms with E-state index in [0.717, 1.165) is 5.56 Å². The van der Waals surface area contributed by atoms with Crippen molar-refractivity contribution in [2.24, 2.45) is 0 Å². The summed E-state index contributed by atoms with van der Waals surface area (Å²) >= 11 is 0. The maximum absolute atomic E-state index is 5.33. The van der Waals surface area contributed by atoms with Crippen LogP contribution >= 0.6 is 0 Å². The summed E-state index contributed by atoms with van der Waals surface area (Å²) in [5.74, 6) is 0. The molecule has 0 aromatic carbocycles. The molecule has 2 rings (SSSR count). The number of hydrogen-bond acceptors (Lipinski definition) is 2. The number of rotatable bonds is 1. The number of hydrogen-bond donors (Lipinski definition) is 0. The Hall–Kier alpha value is -1.57. The van der Waals surface area contributed by atoms with Crippen LogP contribution < -0.4 is 0 Å². The third-order valence-corrected chi connectivity index (χ3v) is 1.64. The average Bonchev–Trinajstić information content (AvgIpc) is 2.21. The van der Waals surface area contributed by atoms with E-state index < -0.39 is 0 Å². The Morgan fingerprint density at radius 1 is 1.42 bits per heavy atom. The zero-order chi connectivity index (χ0) is 8.23. The SMILES string of the molecule is [c]1ncccc1C1C=CC=CO1. The van der Waals surface area contributed by atoms with Crippen LogP contribution in [-0.4, -0.2) is 4.98 Å². The van der Waals surface area contributed by atoms with E-state index in [2.05, 4.69) is 11.2 Å². The maximum atomic E-state index is 5.33. The molecule has 1 aliphatic rings. The molecule has 1 atom stereocenters. The molecule has 1 radical (unpaired) electrons. The van der Waals surface area contributed by atoms with E-state index in [1.165, 1.54) is 0 Å². The summed E-state index contributed by atoms with van der Waals surface area (Å²) in [6, 6.07) is 3.82. The highest BCUT2D eigenvalue weighted by atomic mass is 16.5. The lowest BCUT2D eigenvalue weighted by Gasteiger charge is -2.13. The van der Waals surface area contributed by atoms with E-state index in [-0.39, 0.29) is 6.10 Å². The fourth-order valence-electron chi connectivity index (χ4n) is 1.06. The maximum Gasteiger partial charge on any atom is 0.144 e. The molecular weight excluding hydrogens is 150 g/mol. The van der Waals surface area contributed by atoms with E-state index in [4.69, 9.17) is 4.74 Å². The molecule has 1 aliphatic heterocycles. The van der Waals surface area contributed by atoms with E-state index >= 15 is 0 Å². The molecule has 0 saturated heterocycles. The first kappa shape index (κ1) is 7.10. The van der Waals surface area contributed by atoms with Gasteiger partial charge < -0.3 is 4.74 Å². The number of nitrogens with zero attached hydrogens (tertiary/aromatic N) is 1. The Bertz CT molecular complexity index is 303. The van der Waals surface area contributed by atoms with Crippen LogP contribution in [0.2, 0.25) is 0 Å². The predicted octanol–water partition coefficient (Wildman–Crippen LogP) is 2.02. The minimum atomic E-state index is -0.0244. The third-order valence-electron chi connectivity index (χ3n) is 1.64. The van der Waals surface area contributed by atoms with Crippen molar-refractivity contribution in [2.45, 2.75) is 6.10 Å². The topological polar surface area (TPSA) is 22.1 Å². The lowest BCUT2D eigenvalue weighted by atomic mass is 10.1. The van der Waals surface area contributed by atoms with Gasteiger partial charge in [0.1, 0.15) is 6.10 Å². The van der Waals surface area contributed by atoms with Crippen LogP contribution in [-0.2, 0) is 4.74 Å². The van der Waals surface area contributed by atoms with Gasteiger partial charge in [-0.15, -0.1) is 0 Å². The second-order valence-corrected chi connectivity index (χ2v) is 2.47. The standard InChI is InChI=1S/C10H8NO/c1-2-7-12-10(5-1)9-4-3-6-11-8-9/h1-7,10H. The normalized spacial score (nSPS) is 20.5. The van der Waals surface area contributed by atoms with Crippen LogP contribution in [0.15, 0.2) is 42.8 Å². The zero-order valence-electron chi connectivity index (χ0n) is 6.47. The van der Waals surface area contributed by atoms with Crippen molar-refractivity contribution in [3.8, 4) is 0 Å². The van der Waals surface area contributed by atoms with Gasteiger partial charge in [-0.05, 0) is 18.2 Å². The number of aromatic nitrogens is 1. The van der Waals surface area contributed by atoms with Crippen molar-refractivity contribution in [1.29, 1.82) is 0 Å². The van der Waals surface area contributed by atoms with Crippen LogP contribution in [0.5, 0.6) is 0 Å². The van der Waals surface area contributed by atoms with Gasteiger partial charge in [0.05, 0.1) is 12.5 Å². The second-order valence-electron chi connectivity index (χ2n) is 2.47. The first-order chi connectivity index (χ1) is 5.97. The largest absolute Gasteiger partial charge is 0.489 e. The third kappa shape index (κ3) is 1.37. The first-order valence-electron chi connectivity index (χ1n) is 3.78. The van der Waals surface area contributed by atoms with E-state index in [1.807, 2.05) is 30.4 Å². The lowest BCUT2D eigenvalue weighted by molar-refractivity contribution is 0.185. The van der Waals surface area contributed by atoms with Gasteiger partial charge in [-0.1, -0.05) is 12.1 Å². The molecule has 2 heterocycles. The molecule has 1 aromatic heterocycles. The molecule has 1 unspecified atom stereocenters. The van der Waals surface area contributed by atoms with Crippen molar-refractivity contribution >= 4 is 0 Å². The van der Waals surface area contributed by atoms with Crippen LogP contribution in [0.1, 0.15) is 11.7 Å². The molecule has 0 N–H and O–H groups in total. The molecule has 0 bridgehead atoms. The molecule has 0 aliphatic carbocycles.